The quantitative estimate of drug-likeness (QED) is 0.771. The Hall–Kier alpha value is -1.36. The van der Waals surface area contributed by atoms with Gasteiger partial charge in [0.2, 0.25) is 0 Å². The third kappa shape index (κ3) is 2.85. The molecular weight excluding hydrogens is 218 g/mol. The van der Waals surface area contributed by atoms with Crippen LogP contribution in [0, 0.1) is 6.92 Å². The van der Waals surface area contributed by atoms with Crippen LogP contribution in [0.15, 0.2) is 10.9 Å². The van der Waals surface area contributed by atoms with Crippen molar-refractivity contribution in [1.29, 1.82) is 0 Å². The van der Waals surface area contributed by atoms with Crippen LogP contribution in [0.3, 0.4) is 0 Å². The number of rotatable bonds is 4. The zero-order valence-corrected chi connectivity index (χ0v) is 10.5. The van der Waals surface area contributed by atoms with Gasteiger partial charge in [-0.15, -0.1) is 0 Å². The van der Waals surface area contributed by atoms with E-state index in [1.54, 1.807) is 24.7 Å². The molecule has 0 amide bonds. The van der Waals surface area contributed by atoms with Crippen LogP contribution in [0.25, 0.3) is 0 Å². The van der Waals surface area contributed by atoms with Gasteiger partial charge in [0.05, 0.1) is 7.11 Å². The van der Waals surface area contributed by atoms with Gasteiger partial charge in [0.1, 0.15) is 0 Å². The van der Waals surface area contributed by atoms with Gasteiger partial charge in [0.25, 0.3) is 11.6 Å². The molecule has 1 fully saturated rings. The fourth-order valence-electron chi connectivity index (χ4n) is 2.20. The number of aromatic nitrogens is 2. The van der Waals surface area contributed by atoms with E-state index in [4.69, 9.17) is 4.74 Å². The standard InChI is InChI=1S/C12H19N3O2/c1-10-9-11(16)15(12(13-10)17-2)8-7-14-5-3-4-6-14/h9H,3-8H2,1-2H3. The van der Waals surface area contributed by atoms with E-state index in [1.807, 2.05) is 0 Å². The molecule has 1 aliphatic rings. The molecule has 1 aromatic rings. The van der Waals surface area contributed by atoms with Crippen molar-refractivity contribution in [3.8, 4) is 6.01 Å². The van der Waals surface area contributed by atoms with Crippen molar-refractivity contribution in [1.82, 2.24) is 14.5 Å². The second-order valence-electron chi connectivity index (χ2n) is 4.42. The molecule has 0 unspecified atom stereocenters. The minimum Gasteiger partial charge on any atom is -0.468 e. The van der Waals surface area contributed by atoms with Crippen LogP contribution < -0.4 is 10.3 Å². The second-order valence-corrected chi connectivity index (χ2v) is 4.42. The first-order valence-corrected chi connectivity index (χ1v) is 6.05. The summed E-state index contributed by atoms with van der Waals surface area (Å²) in [6.45, 7) is 5.61. The topological polar surface area (TPSA) is 47.4 Å². The molecule has 0 N–H and O–H groups in total. The molecule has 1 aromatic heterocycles. The largest absolute Gasteiger partial charge is 0.468 e. The van der Waals surface area contributed by atoms with E-state index in [0.29, 0.717) is 18.2 Å². The Morgan fingerprint density at radius 1 is 1.35 bits per heavy atom. The van der Waals surface area contributed by atoms with Gasteiger partial charge in [-0.05, 0) is 32.9 Å². The lowest BCUT2D eigenvalue weighted by molar-refractivity contribution is 0.294. The Balaban J connectivity index is 2.11. The van der Waals surface area contributed by atoms with Gasteiger partial charge in [0, 0.05) is 24.8 Å². The molecule has 2 heterocycles. The number of ether oxygens (including phenoxy) is 1. The fraction of sp³-hybridized carbons (Fsp3) is 0.667. The Labute approximate surface area is 101 Å². The molecule has 17 heavy (non-hydrogen) atoms. The highest BCUT2D eigenvalue weighted by atomic mass is 16.5. The molecule has 0 saturated carbocycles. The first-order chi connectivity index (χ1) is 8.20. The average Bonchev–Trinajstić information content (AvgIpc) is 2.79. The molecule has 0 bridgehead atoms. The van der Waals surface area contributed by atoms with E-state index in [0.717, 1.165) is 19.6 Å². The van der Waals surface area contributed by atoms with E-state index in [9.17, 15) is 4.79 Å². The molecule has 5 heteroatoms. The van der Waals surface area contributed by atoms with Crippen LogP contribution in [0.4, 0.5) is 0 Å². The zero-order valence-electron chi connectivity index (χ0n) is 10.5. The molecule has 0 spiro atoms. The Morgan fingerprint density at radius 2 is 2.06 bits per heavy atom. The Bertz CT molecular complexity index is 436. The van der Waals surface area contributed by atoms with Crippen LogP contribution in [-0.2, 0) is 6.54 Å². The molecule has 1 aliphatic heterocycles. The molecule has 94 valence electrons. The van der Waals surface area contributed by atoms with Crippen LogP contribution in [0.5, 0.6) is 6.01 Å². The third-order valence-corrected chi connectivity index (χ3v) is 3.12. The first-order valence-electron chi connectivity index (χ1n) is 6.05. The predicted molar refractivity (Wildman–Crippen MR) is 65.5 cm³/mol. The van der Waals surface area contributed by atoms with Gasteiger partial charge in [-0.2, -0.15) is 0 Å². The van der Waals surface area contributed by atoms with Gasteiger partial charge in [-0.1, -0.05) is 0 Å². The Kier molecular flexibility index (Phi) is 3.78. The van der Waals surface area contributed by atoms with E-state index in [2.05, 4.69) is 9.88 Å². The van der Waals surface area contributed by atoms with Crippen LogP contribution in [-0.4, -0.2) is 41.2 Å². The average molecular weight is 237 g/mol. The minimum absolute atomic E-state index is 0.0338. The lowest BCUT2D eigenvalue weighted by atomic mass is 10.4. The van der Waals surface area contributed by atoms with Crippen LogP contribution in [0.1, 0.15) is 18.5 Å². The minimum atomic E-state index is -0.0338. The number of hydrogen-bond acceptors (Lipinski definition) is 4. The third-order valence-electron chi connectivity index (χ3n) is 3.12. The van der Waals surface area contributed by atoms with E-state index in [1.165, 1.54) is 12.8 Å². The van der Waals surface area contributed by atoms with Crippen LogP contribution >= 0.6 is 0 Å². The van der Waals surface area contributed by atoms with E-state index >= 15 is 0 Å². The van der Waals surface area contributed by atoms with Crippen molar-refractivity contribution in [3.63, 3.8) is 0 Å². The summed E-state index contributed by atoms with van der Waals surface area (Å²) >= 11 is 0. The number of hydrogen-bond donors (Lipinski definition) is 0. The van der Waals surface area contributed by atoms with Crippen molar-refractivity contribution in [2.24, 2.45) is 0 Å². The van der Waals surface area contributed by atoms with Gasteiger partial charge in [-0.25, -0.2) is 4.98 Å². The summed E-state index contributed by atoms with van der Waals surface area (Å²) in [5.74, 6) is 0. The molecule has 2 rings (SSSR count). The van der Waals surface area contributed by atoms with Crippen molar-refractivity contribution in [2.45, 2.75) is 26.3 Å². The molecule has 0 aliphatic carbocycles. The van der Waals surface area contributed by atoms with Gasteiger partial charge >= 0.3 is 0 Å². The van der Waals surface area contributed by atoms with E-state index in [-0.39, 0.29) is 5.56 Å². The predicted octanol–water partition coefficient (Wildman–Crippen LogP) is 0.656. The summed E-state index contributed by atoms with van der Waals surface area (Å²) in [6, 6.07) is 1.96. The van der Waals surface area contributed by atoms with Gasteiger partial charge in [-0.3, -0.25) is 9.36 Å². The van der Waals surface area contributed by atoms with Gasteiger partial charge in [0.15, 0.2) is 0 Å². The molecule has 5 nitrogen and oxygen atoms in total. The van der Waals surface area contributed by atoms with Crippen molar-refractivity contribution in [3.05, 3.63) is 22.1 Å². The highest BCUT2D eigenvalue weighted by Gasteiger charge is 2.13. The SMILES string of the molecule is COc1nc(C)cc(=O)n1CCN1CCCC1. The lowest BCUT2D eigenvalue weighted by Crippen LogP contribution is -2.30. The zero-order chi connectivity index (χ0) is 12.3. The number of methoxy groups -OCH3 is 1. The molecule has 0 radical (unpaired) electrons. The highest BCUT2D eigenvalue weighted by Crippen LogP contribution is 2.09. The Morgan fingerprint density at radius 3 is 2.71 bits per heavy atom. The molecule has 0 aromatic carbocycles. The highest BCUT2D eigenvalue weighted by molar-refractivity contribution is 5.06. The van der Waals surface area contributed by atoms with E-state index < -0.39 is 0 Å². The maximum absolute atomic E-state index is 11.8. The first kappa shape index (κ1) is 12.1. The van der Waals surface area contributed by atoms with Crippen LogP contribution in [0.2, 0.25) is 0 Å². The molecular formula is C12H19N3O2. The number of aryl methyl sites for hydroxylation is 1. The maximum Gasteiger partial charge on any atom is 0.299 e. The monoisotopic (exact) mass is 237 g/mol. The summed E-state index contributed by atoms with van der Waals surface area (Å²) in [4.78, 5) is 18.4. The number of nitrogens with zero attached hydrogens (tertiary/aromatic N) is 3. The van der Waals surface area contributed by atoms with Gasteiger partial charge < -0.3 is 9.64 Å². The summed E-state index contributed by atoms with van der Waals surface area (Å²) in [7, 11) is 1.55. The lowest BCUT2D eigenvalue weighted by Gasteiger charge is -2.16. The summed E-state index contributed by atoms with van der Waals surface area (Å²) in [6.07, 6.45) is 2.52. The summed E-state index contributed by atoms with van der Waals surface area (Å²) in [5.41, 5.74) is 0.665. The molecule has 0 atom stereocenters. The smallest absolute Gasteiger partial charge is 0.299 e. The molecule has 1 saturated heterocycles. The maximum atomic E-state index is 11.8. The fourth-order valence-corrected chi connectivity index (χ4v) is 2.20. The second kappa shape index (κ2) is 5.31. The summed E-state index contributed by atoms with van der Waals surface area (Å²) in [5, 5.41) is 0. The van der Waals surface area contributed by atoms with Crippen molar-refractivity contribution >= 4 is 0 Å². The van der Waals surface area contributed by atoms with Crippen molar-refractivity contribution < 1.29 is 4.74 Å². The normalized spacial score (nSPS) is 16.4. The number of likely N-dealkylation sites (tertiary alicyclic amines) is 1. The summed E-state index contributed by atoms with van der Waals surface area (Å²) < 4.78 is 6.76. The van der Waals surface area contributed by atoms with Crippen molar-refractivity contribution in [2.75, 3.05) is 26.7 Å².